The second-order valence-electron chi connectivity index (χ2n) is 5.41. The molecule has 1 aromatic carbocycles. The predicted octanol–water partition coefficient (Wildman–Crippen LogP) is 1.53. The van der Waals surface area contributed by atoms with E-state index in [4.69, 9.17) is 17.6 Å². The van der Waals surface area contributed by atoms with Crippen LogP contribution < -0.4 is 9.64 Å². The number of rotatable bonds is 6. The Morgan fingerprint density at radius 1 is 1.33 bits per heavy atom. The molecule has 0 aliphatic carbocycles. The first-order chi connectivity index (χ1) is 11.6. The van der Waals surface area contributed by atoms with Crippen molar-refractivity contribution in [3.63, 3.8) is 0 Å². The summed E-state index contributed by atoms with van der Waals surface area (Å²) in [6, 6.07) is 7.31. The van der Waals surface area contributed by atoms with Gasteiger partial charge in [-0.2, -0.15) is 0 Å². The molecule has 0 aromatic heterocycles. The third-order valence-corrected chi connectivity index (χ3v) is 3.81. The summed E-state index contributed by atoms with van der Waals surface area (Å²) in [6.45, 7) is 2.96. The molecule has 0 unspecified atom stereocenters. The van der Waals surface area contributed by atoms with Crippen molar-refractivity contribution in [1.29, 1.82) is 0 Å². The predicted molar refractivity (Wildman–Crippen MR) is 92.3 cm³/mol. The topological polar surface area (TPSA) is 49.9 Å². The van der Waals surface area contributed by atoms with Gasteiger partial charge in [0.2, 0.25) is 11.8 Å². The molecule has 0 saturated carbocycles. The van der Waals surface area contributed by atoms with Crippen molar-refractivity contribution in [3.8, 4) is 30.4 Å². The molecule has 1 saturated heterocycles. The van der Waals surface area contributed by atoms with Gasteiger partial charge in [-0.3, -0.25) is 9.59 Å². The molecular formula is C19H20N2O3. The van der Waals surface area contributed by atoms with E-state index in [-0.39, 0.29) is 31.3 Å². The van der Waals surface area contributed by atoms with E-state index in [2.05, 4.69) is 11.8 Å². The van der Waals surface area contributed by atoms with Crippen LogP contribution in [0.3, 0.4) is 0 Å². The number of nitrogens with zero attached hydrogens (tertiary/aromatic N) is 2. The molecule has 0 N–H and O–H groups in total. The second-order valence-corrected chi connectivity index (χ2v) is 5.41. The van der Waals surface area contributed by atoms with E-state index in [0.717, 1.165) is 0 Å². The Hall–Kier alpha value is -2.92. The summed E-state index contributed by atoms with van der Waals surface area (Å²) < 4.78 is 5.58. The first-order valence-corrected chi connectivity index (χ1v) is 7.80. The van der Waals surface area contributed by atoms with Crippen molar-refractivity contribution < 1.29 is 14.3 Å². The summed E-state index contributed by atoms with van der Waals surface area (Å²) >= 11 is 0. The van der Waals surface area contributed by atoms with Gasteiger partial charge in [0.05, 0.1) is 31.3 Å². The zero-order valence-corrected chi connectivity index (χ0v) is 13.7. The van der Waals surface area contributed by atoms with Crippen LogP contribution in [0.15, 0.2) is 24.3 Å². The monoisotopic (exact) mass is 324 g/mol. The van der Waals surface area contributed by atoms with E-state index in [1.54, 1.807) is 4.90 Å². The van der Waals surface area contributed by atoms with Crippen molar-refractivity contribution in [2.45, 2.75) is 13.3 Å². The fourth-order valence-electron chi connectivity index (χ4n) is 2.75. The Kier molecular flexibility index (Phi) is 5.87. The van der Waals surface area contributed by atoms with Crippen LogP contribution in [-0.2, 0) is 9.59 Å². The molecule has 2 rings (SSSR count). The molecule has 2 amide bonds. The van der Waals surface area contributed by atoms with Crippen LogP contribution in [0, 0.1) is 30.6 Å². The molecule has 0 radical (unpaired) electrons. The molecule has 24 heavy (non-hydrogen) atoms. The zero-order chi connectivity index (χ0) is 17.5. The summed E-state index contributed by atoms with van der Waals surface area (Å²) in [5, 5.41) is 0. The highest BCUT2D eigenvalue weighted by Gasteiger charge is 2.37. The zero-order valence-electron chi connectivity index (χ0n) is 13.7. The number of anilines is 1. The smallest absolute Gasteiger partial charge is 0.229 e. The summed E-state index contributed by atoms with van der Waals surface area (Å²) in [6.07, 6.45) is 10.7. The highest BCUT2D eigenvalue weighted by atomic mass is 16.5. The lowest BCUT2D eigenvalue weighted by atomic mass is 10.1. The number of amides is 2. The minimum Gasteiger partial charge on any atom is -0.492 e. The summed E-state index contributed by atoms with van der Waals surface area (Å²) in [5.74, 6) is 4.74. The van der Waals surface area contributed by atoms with Gasteiger partial charge >= 0.3 is 0 Å². The molecule has 1 heterocycles. The first kappa shape index (κ1) is 17.4. The average Bonchev–Trinajstić information content (AvgIpc) is 2.96. The molecule has 1 aliphatic heterocycles. The lowest BCUT2D eigenvalue weighted by Crippen LogP contribution is -2.38. The van der Waals surface area contributed by atoms with E-state index < -0.39 is 5.92 Å². The highest BCUT2D eigenvalue weighted by molar-refractivity contribution is 6.01. The quantitative estimate of drug-likeness (QED) is 0.746. The largest absolute Gasteiger partial charge is 0.492 e. The number of ether oxygens (including phenoxy) is 1. The van der Waals surface area contributed by atoms with E-state index >= 15 is 0 Å². The number of terminal acetylenes is 2. The molecule has 5 nitrogen and oxygen atoms in total. The fraction of sp³-hybridized carbons (Fsp3) is 0.368. The van der Waals surface area contributed by atoms with Crippen molar-refractivity contribution in [2.75, 3.05) is 31.1 Å². The molecule has 5 heteroatoms. The molecule has 0 spiro atoms. The molecule has 1 atom stereocenters. The van der Waals surface area contributed by atoms with Crippen LogP contribution in [0.5, 0.6) is 5.75 Å². The second kappa shape index (κ2) is 8.08. The van der Waals surface area contributed by atoms with E-state index in [1.807, 2.05) is 31.2 Å². The van der Waals surface area contributed by atoms with Crippen LogP contribution in [0.2, 0.25) is 0 Å². The van der Waals surface area contributed by atoms with Crippen LogP contribution >= 0.6 is 0 Å². The van der Waals surface area contributed by atoms with Gasteiger partial charge < -0.3 is 14.5 Å². The number of hydrogen-bond donors (Lipinski definition) is 0. The van der Waals surface area contributed by atoms with Gasteiger partial charge in [0.25, 0.3) is 0 Å². The highest BCUT2D eigenvalue weighted by Crippen LogP contribution is 2.33. The SMILES string of the molecule is C#CCN(CC#C)C(=O)[C@H]1CC(=O)N(c2ccccc2OCC)C1. The van der Waals surface area contributed by atoms with Crippen molar-refractivity contribution in [1.82, 2.24) is 4.90 Å². The maximum atomic E-state index is 12.6. The number of hydrogen-bond acceptors (Lipinski definition) is 3. The van der Waals surface area contributed by atoms with E-state index in [0.29, 0.717) is 24.6 Å². The van der Waals surface area contributed by atoms with Gasteiger partial charge in [-0.15, -0.1) is 12.8 Å². The Labute approximate surface area is 142 Å². The standard InChI is InChI=1S/C19H20N2O3/c1-4-11-20(12-5-2)19(23)15-13-18(22)21(14-15)16-9-7-8-10-17(16)24-6-3/h1-2,7-10,15H,6,11-14H2,3H3/t15-/m0/s1. The van der Waals surface area contributed by atoms with Gasteiger partial charge in [-0.25, -0.2) is 0 Å². The van der Waals surface area contributed by atoms with Crippen LogP contribution in [0.1, 0.15) is 13.3 Å². The van der Waals surface area contributed by atoms with E-state index in [1.165, 1.54) is 4.90 Å². The summed E-state index contributed by atoms with van der Waals surface area (Å²) in [4.78, 5) is 28.0. The number of benzene rings is 1. The fourth-order valence-corrected chi connectivity index (χ4v) is 2.75. The van der Waals surface area contributed by atoms with Gasteiger partial charge in [0.15, 0.2) is 0 Å². The normalized spacial score (nSPS) is 16.4. The first-order valence-electron chi connectivity index (χ1n) is 7.80. The molecule has 1 aliphatic rings. The molecule has 1 aromatic rings. The molecule has 124 valence electrons. The Morgan fingerprint density at radius 2 is 2.00 bits per heavy atom. The third-order valence-electron chi connectivity index (χ3n) is 3.81. The van der Waals surface area contributed by atoms with Crippen LogP contribution in [-0.4, -0.2) is 43.0 Å². The Morgan fingerprint density at radius 3 is 2.62 bits per heavy atom. The lowest BCUT2D eigenvalue weighted by molar-refractivity contribution is -0.134. The summed E-state index contributed by atoms with van der Waals surface area (Å²) in [7, 11) is 0. The number of carbonyl (C=O) groups is 2. The van der Waals surface area contributed by atoms with E-state index in [9.17, 15) is 9.59 Å². The number of para-hydroxylation sites is 2. The minimum atomic E-state index is -0.450. The van der Waals surface area contributed by atoms with Crippen LogP contribution in [0.4, 0.5) is 5.69 Å². The third kappa shape index (κ3) is 3.70. The van der Waals surface area contributed by atoms with Crippen molar-refractivity contribution in [3.05, 3.63) is 24.3 Å². The van der Waals surface area contributed by atoms with Crippen molar-refractivity contribution in [2.24, 2.45) is 5.92 Å². The van der Waals surface area contributed by atoms with Gasteiger partial charge in [0, 0.05) is 13.0 Å². The van der Waals surface area contributed by atoms with Crippen LogP contribution in [0.25, 0.3) is 0 Å². The van der Waals surface area contributed by atoms with Gasteiger partial charge in [0.1, 0.15) is 5.75 Å². The Balaban J connectivity index is 2.18. The molecular weight excluding hydrogens is 304 g/mol. The number of carbonyl (C=O) groups excluding carboxylic acids is 2. The lowest BCUT2D eigenvalue weighted by Gasteiger charge is -2.22. The average molecular weight is 324 g/mol. The summed E-state index contributed by atoms with van der Waals surface area (Å²) in [5.41, 5.74) is 0.681. The maximum Gasteiger partial charge on any atom is 0.229 e. The van der Waals surface area contributed by atoms with Crippen molar-refractivity contribution >= 4 is 17.5 Å². The Bertz CT molecular complexity index is 683. The van der Waals surface area contributed by atoms with Gasteiger partial charge in [-0.1, -0.05) is 24.0 Å². The molecule has 1 fully saturated rings. The maximum absolute atomic E-state index is 12.6. The minimum absolute atomic E-state index is 0.109. The molecule has 0 bridgehead atoms. The van der Waals surface area contributed by atoms with Gasteiger partial charge in [-0.05, 0) is 19.1 Å².